The zero-order chi connectivity index (χ0) is 17.8. The Kier molecular flexibility index (Phi) is 4.75. The largest absolute Gasteiger partial charge is 0.364 e. The summed E-state index contributed by atoms with van der Waals surface area (Å²) in [6, 6.07) is 8.53. The summed E-state index contributed by atoms with van der Waals surface area (Å²) in [4.78, 5) is 36.8. The number of carbonyl (C=O) groups is 3. The quantitative estimate of drug-likeness (QED) is 0.666. The van der Waals surface area contributed by atoms with Gasteiger partial charge in [0.2, 0.25) is 11.8 Å². The number of para-hydroxylation sites is 2. The van der Waals surface area contributed by atoms with Crippen LogP contribution in [0, 0.1) is 0 Å². The van der Waals surface area contributed by atoms with Crippen LogP contribution in [0.3, 0.4) is 0 Å². The number of piperazine rings is 1. The first-order chi connectivity index (χ1) is 12.0. The molecule has 2 heterocycles. The number of amides is 3. The summed E-state index contributed by atoms with van der Waals surface area (Å²) in [7, 11) is 0. The third-order valence-corrected chi connectivity index (χ3v) is 3.79. The van der Waals surface area contributed by atoms with E-state index in [4.69, 9.17) is 5.73 Å². The molecule has 0 unspecified atom stereocenters. The van der Waals surface area contributed by atoms with Crippen LogP contribution in [-0.2, 0) is 9.59 Å². The standard InChI is InChI=1S/C16H18N6O3/c17-16(25)12-5-7-22(20-12)13-4-2-1-3-11(13)19-14(23)10-21-8-6-18-9-15(21)24/h1-5,7,18H,6,8-10H2,(H2,17,25)(H,19,23). The van der Waals surface area contributed by atoms with Gasteiger partial charge in [0.1, 0.15) is 5.69 Å². The fourth-order valence-electron chi connectivity index (χ4n) is 2.54. The maximum atomic E-state index is 12.3. The highest BCUT2D eigenvalue weighted by molar-refractivity contribution is 5.96. The van der Waals surface area contributed by atoms with Crippen LogP contribution in [0.25, 0.3) is 5.69 Å². The summed E-state index contributed by atoms with van der Waals surface area (Å²) >= 11 is 0. The van der Waals surface area contributed by atoms with Gasteiger partial charge in [-0.1, -0.05) is 12.1 Å². The van der Waals surface area contributed by atoms with Crippen molar-refractivity contribution >= 4 is 23.4 Å². The lowest BCUT2D eigenvalue weighted by Gasteiger charge is -2.26. The average molecular weight is 342 g/mol. The first kappa shape index (κ1) is 16.7. The second-order valence-corrected chi connectivity index (χ2v) is 5.57. The number of rotatable bonds is 5. The smallest absolute Gasteiger partial charge is 0.269 e. The molecule has 1 fully saturated rings. The molecule has 1 saturated heterocycles. The van der Waals surface area contributed by atoms with Gasteiger partial charge < -0.3 is 21.3 Å². The summed E-state index contributed by atoms with van der Waals surface area (Å²) in [5, 5.41) is 9.84. The Bertz CT molecular complexity index is 816. The first-order valence-electron chi connectivity index (χ1n) is 7.78. The van der Waals surface area contributed by atoms with Crippen LogP contribution in [0.4, 0.5) is 5.69 Å². The number of hydrogen-bond acceptors (Lipinski definition) is 5. The maximum Gasteiger partial charge on any atom is 0.269 e. The lowest BCUT2D eigenvalue weighted by Crippen LogP contribution is -2.50. The van der Waals surface area contributed by atoms with Crippen molar-refractivity contribution in [2.75, 3.05) is 31.5 Å². The predicted molar refractivity (Wildman–Crippen MR) is 90.2 cm³/mol. The predicted octanol–water partition coefficient (Wildman–Crippen LogP) is -0.658. The van der Waals surface area contributed by atoms with Crippen LogP contribution < -0.4 is 16.4 Å². The molecule has 0 saturated carbocycles. The molecule has 130 valence electrons. The Morgan fingerprint density at radius 1 is 1.28 bits per heavy atom. The molecule has 25 heavy (non-hydrogen) atoms. The molecule has 1 aromatic heterocycles. The number of carbonyl (C=O) groups excluding carboxylic acids is 3. The van der Waals surface area contributed by atoms with E-state index in [1.54, 1.807) is 30.5 Å². The third-order valence-electron chi connectivity index (χ3n) is 3.79. The van der Waals surface area contributed by atoms with E-state index >= 15 is 0 Å². The van der Waals surface area contributed by atoms with Crippen molar-refractivity contribution in [3.05, 3.63) is 42.2 Å². The Balaban J connectivity index is 1.75. The summed E-state index contributed by atoms with van der Waals surface area (Å²) < 4.78 is 1.46. The van der Waals surface area contributed by atoms with Gasteiger partial charge in [0.05, 0.1) is 24.5 Å². The van der Waals surface area contributed by atoms with E-state index in [0.29, 0.717) is 24.5 Å². The second kappa shape index (κ2) is 7.14. The van der Waals surface area contributed by atoms with Gasteiger partial charge in [-0.05, 0) is 18.2 Å². The van der Waals surface area contributed by atoms with Gasteiger partial charge >= 0.3 is 0 Å². The number of benzene rings is 1. The molecule has 9 heteroatoms. The minimum atomic E-state index is -0.627. The number of primary amides is 1. The Labute approximate surface area is 143 Å². The van der Waals surface area contributed by atoms with Gasteiger partial charge in [0.25, 0.3) is 5.91 Å². The van der Waals surface area contributed by atoms with E-state index in [1.165, 1.54) is 15.6 Å². The molecule has 4 N–H and O–H groups in total. The van der Waals surface area contributed by atoms with Gasteiger partial charge in [-0.2, -0.15) is 5.10 Å². The van der Waals surface area contributed by atoms with Crippen LogP contribution in [-0.4, -0.2) is 58.6 Å². The van der Waals surface area contributed by atoms with E-state index < -0.39 is 5.91 Å². The summed E-state index contributed by atoms with van der Waals surface area (Å²) in [6.45, 7) is 1.39. The van der Waals surface area contributed by atoms with E-state index in [9.17, 15) is 14.4 Å². The number of aromatic nitrogens is 2. The van der Waals surface area contributed by atoms with Crippen LogP contribution >= 0.6 is 0 Å². The SMILES string of the molecule is NC(=O)c1ccn(-c2ccccc2NC(=O)CN2CCNCC2=O)n1. The molecule has 0 radical (unpaired) electrons. The lowest BCUT2D eigenvalue weighted by atomic mass is 10.2. The molecule has 0 aliphatic carbocycles. The summed E-state index contributed by atoms with van der Waals surface area (Å²) in [6.07, 6.45) is 1.59. The fourth-order valence-corrected chi connectivity index (χ4v) is 2.54. The highest BCUT2D eigenvalue weighted by Gasteiger charge is 2.20. The first-order valence-corrected chi connectivity index (χ1v) is 7.78. The normalized spacial score (nSPS) is 14.4. The van der Waals surface area contributed by atoms with E-state index in [-0.39, 0.29) is 30.6 Å². The average Bonchev–Trinajstić information content (AvgIpc) is 3.07. The van der Waals surface area contributed by atoms with Crippen LogP contribution in [0.2, 0.25) is 0 Å². The molecule has 1 aliphatic heterocycles. The second-order valence-electron chi connectivity index (χ2n) is 5.57. The number of nitrogens with zero attached hydrogens (tertiary/aromatic N) is 3. The molecule has 0 atom stereocenters. The maximum absolute atomic E-state index is 12.3. The lowest BCUT2D eigenvalue weighted by molar-refractivity contribution is -0.135. The van der Waals surface area contributed by atoms with Crippen molar-refractivity contribution in [1.29, 1.82) is 0 Å². The molecule has 0 bridgehead atoms. The molecule has 9 nitrogen and oxygen atoms in total. The highest BCUT2D eigenvalue weighted by Crippen LogP contribution is 2.19. The highest BCUT2D eigenvalue weighted by atomic mass is 16.2. The van der Waals surface area contributed by atoms with Gasteiger partial charge in [-0.25, -0.2) is 4.68 Å². The number of nitrogens with one attached hydrogen (secondary N) is 2. The number of hydrogen-bond donors (Lipinski definition) is 3. The fraction of sp³-hybridized carbons (Fsp3) is 0.250. The van der Waals surface area contributed by atoms with Crippen molar-refractivity contribution in [2.24, 2.45) is 5.73 Å². The van der Waals surface area contributed by atoms with Gasteiger partial charge in [0.15, 0.2) is 0 Å². The zero-order valence-corrected chi connectivity index (χ0v) is 13.4. The van der Waals surface area contributed by atoms with Crippen LogP contribution in [0.1, 0.15) is 10.5 Å². The third kappa shape index (κ3) is 3.83. The van der Waals surface area contributed by atoms with Crippen molar-refractivity contribution in [3.8, 4) is 5.69 Å². The van der Waals surface area contributed by atoms with Gasteiger partial charge in [0, 0.05) is 19.3 Å². The summed E-state index contributed by atoms with van der Waals surface area (Å²) in [5.74, 6) is -1.03. The molecule has 3 rings (SSSR count). The molecule has 1 aliphatic rings. The van der Waals surface area contributed by atoms with E-state index in [2.05, 4.69) is 15.7 Å². The van der Waals surface area contributed by atoms with Crippen molar-refractivity contribution in [3.63, 3.8) is 0 Å². The minimum absolute atomic E-state index is 0.0134. The van der Waals surface area contributed by atoms with Crippen molar-refractivity contribution in [1.82, 2.24) is 20.0 Å². The molecule has 0 spiro atoms. The van der Waals surface area contributed by atoms with E-state index in [1.807, 2.05) is 0 Å². The van der Waals surface area contributed by atoms with Crippen molar-refractivity contribution < 1.29 is 14.4 Å². The Hall–Kier alpha value is -3.20. The monoisotopic (exact) mass is 342 g/mol. The van der Waals surface area contributed by atoms with Crippen LogP contribution in [0.15, 0.2) is 36.5 Å². The minimum Gasteiger partial charge on any atom is -0.364 e. The Morgan fingerprint density at radius 3 is 2.80 bits per heavy atom. The molecule has 3 amide bonds. The molecular formula is C16H18N6O3. The molecule has 1 aromatic carbocycles. The Morgan fingerprint density at radius 2 is 2.08 bits per heavy atom. The zero-order valence-electron chi connectivity index (χ0n) is 13.4. The number of nitrogens with two attached hydrogens (primary N) is 1. The molecule has 2 aromatic rings. The number of anilines is 1. The van der Waals surface area contributed by atoms with E-state index in [0.717, 1.165) is 0 Å². The topological polar surface area (TPSA) is 122 Å². The molecular weight excluding hydrogens is 324 g/mol. The van der Waals surface area contributed by atoms with Gasteiger partial charge in [-0.15, -0.1) is 0 Å². The van der Waals surface area contributed by atoms with Crippen molar-refractivity contribution in [2.45, 2.75) is 0 Å². The van der Waals surface area contributed by atoms with Gasteiger partial charge in [-0.3, -0.25) is 14.4 Å². The van der Waals surface area contributed by atoms with Crippen LogP contribution in [0.5, 0.6) is 0 Å². The summed E-state index contributed by atoms with van der Waals surface area (Å²) in [5.41, 5.74) is 6.46.